The number of ketones is 1. The van der Waals surface area contributed by atoms with Gasteiger partial charge in [0.1, 0.15) is 12.2 Å². The van der Waals surface area contributed by atoms with Crippen molar-refractivity contribution in [1.29, 1.82) is 0 Å². The van der Waals surface area contributed by atoms with Gasteiger partial charge < -0.3 is 18.6 Å². The van der Waals surface area contributed by atoms with Crippen LogP contribution >= 0.6 is 0 Å². The van der Waals surface area contributed by atoms with Gasteiger partial charge in [0.15, 0.2) is 20.4 Å². The second-order valence-electron chi connectivity index (χ2n) is 8.99. The summed E-state index contributed by atoms with van der Waals surface area (Å²) in [5.74, 6) is 0.1000. The van der Waals surface area contributed by atoms with E-state index in [1.165, 1.54) is 0 Å². The lowest BCUT2D eigenvalue weighted by atomic mass is 10.1. The minimum Gasteiger partial charge on any atom is -0.414 e. The molecule has 0 spiro atoms. The average Bonchev–Trinajstić information content (AvgIpc) is 2.78. The summed E-state index contributed by atoms with van der Waals surface area (Å²) in [7, 11) is -1.93. The first kappa shape index (κ1) is 20.7. The molecule has 3 rings (SSSR count). The Morgan fingerprint density at radius 1 is 1.11 bits per heavy atom. The van der Waals surface area contributed by atoms with E-state index < -0.39 is 20.7 Å². The van der Waals surface area contributed by atoms with E-state index in [1.54, 1.807) is 0 Å². The van der Waals surface area contributed by atoms with Crippen LogP contribution in [0, 0.1) is 0 Å². The van der Waals surface area contributed by atoms with E-state index in [9.17, 15) is 4.79 Å². The van der Waals surface area contributed by atoms with Crippen LogP contribution in [0.5, 0.6) is 0 Å². The molecule has 4 atom stereocenters. The van der Waals surface area contributed by atoms with Crippen LogP contribution in [0.2, 0.25) is 18.1 Å². The van der Waals surface area contributed by atoms with Crippen molar-refractivity contribution in [2.75, 3.05) is 13.2 Å². The summed E-state index contributed by atoms with van der Waals surface area (Å²) in [5.41, 5.74) is 0.990. The minimum absolute atomic E-state index is 0.1000. The van der Waals surface area contributed by atoms with E-state index in [2.05, 4.69) is 33.9 Å². The van der Waals surface area contributed by atoms with Crippen LogP contribution in [0.1, 0.15) is 45.5 Å². The van der Waals surface area contributed by atoms with E-state index in [1.807, 2.05) is 30.3 Å². The Morgan fingerprint density at radius 2 is 1.81 bits per heavy atom. The number of Topliss-reactive ketones (excluding diaryl/α,β-unsaturated/α-hetero) is 1. The molecule has 0 unspecified atom stereocenters. The van der Waals surface area contributed by atoms with Gasteiger partial charge in [-0.3, -0.25) is 4.79 Å². The molecular formula is C21H32O5Si. The molecule has 27 heavy (non-hydrogen) atoms. The fourth-order valence-electron chi connectivity index (χ4n) is 3.11. The molecule has 0 amide bonds. The number of ether oxygens (including phenoxy) is 3. The first-order valence-corrected chi connectivity index (χ1v) is 12.7. The molecule has 1 aromatic carbocycles. The monoisotopic (exact) mass is 392 g/mol. The maximum atomic E-state index is 12.6. The zero-order valence-electron chi connectivity index (χ0n) is 17.1. The topological polar surface area (TPSA) is 54.0 Å². The van der Waals surface area contributed by atoms with Crippen LogP contribution < -0.4 is 0 Å². The molecule has 2 saturated heterocycles. The molecule has 2 heterocycles. The Kier molecular flexibility index (Phi) is 6.23. The predicted octanol–water partition coefficient (Wildman–Crippen LogP) is 4.24. The molecule has 0 N–H and O–H groups in total. The minimum atomic E-state index is -1.93. The molecule has 150 valence electrons. The number of fused-ring (bicyclic) bond motifs is 1. The van der Waals surface area contributed by atoms with Gasteiger partial charge in [-0.15, -0.1) is 0 Å². The summed E-state index contributed by atoms with van der Waals surface area (Å²) in [6.07, 6.45) is -0.183. The Balaban J connectivity index is 1.62. The van der Waals surface area contributed by atoms with Crippen LogP contribution in [-0.2, 0) is 23.4 Å². The molecule has 2 aliphatic rings. The normalized spacial score (nSPS) is 29.9. The van der Waals surface area contributed by atoms with Crippen molar-refractivity contribution >= 4 is 14.1 Å². The van der Waals surface area contributed by atoms with E-state index in [4.69, 9.17) is 18.6 Å². The van der Waals surface area contributed by atoms with E-state index in [-0.39, 0.29) is 23.0 Å². The lowest BCUT2D eigenvalue weighted by Gasteiger charge is -2.38. The Bertz CT molecular complexity index is 640. The predicted molar refractivity (Wildman–Crippen MR) is 106 cm³/mol. The lowest BCUT2D eigenvalue weighted by Crippen LogP contribution is -2.46. The molecule has 5 nitrogen and oxygen atoms in total. The van der Waals surface area contributed by atoms with Crippen LogP contribution in [0.25, 0.3) is 0 Å². The number of hydrogen-bond donors (Lipinski definition) is 0. The molecule has 0 bridgehead atoms. The highest BCUT2D eigenvalue weighted by Crippen LogP contribution is 2.37. The smallest absolute Gasteiger partial charge is 0.192 e. The van der Waals surface area contributed by atoms with Gasteiger partial charge >= 0.3 is 0 Å². The van der Waals surface area contributed by atoms with Gasteiger partial charge in [-0.2, -0.15) is 0 Å². The zero-order valence-corrected chi connectivity index (χ0v) is 18.1. The molecule has 6 heteroatoms. The number of hydrogen-bond acceptors (Lipinski definition) is 5. The van der Waals surface area contributed by atoms with E-state index in [0.29, 0.717) is 26.1 Å². The molecule has 2 fully saturated rings. The Labute approximate surface area is 163 Å². The van der Waals surface area contributed by atoms with E-state index in [0.717, 1.165) is 5.56 Å². The van der Waals surface area contributed by atoms with E-state index >= 15 is 0 Å². The maximum Gasteiger partial charge on any atom is 0.192 e. The third-order valence-corrected chi connectivity index (χ3v) is 10.5. The molecule has 0 radical (unpaired) electrons. The summed E-state index contributed by atoms with van der Waals surface area (Å²) in [5, 5.41) is 0.100. The van der Waals surface area contributed by atoms with Gasteiger partial charge in [-0.25, -0.2) is 0 Å². The molecule has 2 aliphatic heterocycles. The van der Waals surface area contributed by atoms with Gasteiger partial charge in [0.2, 0.25) is 0 Å². The molecular weight excluding hydrogens is 360 g/mol. The lowest BCUT2D eigenvalue weighted by molar-refractivity contribution is -0.269. The summed E-state index contributed by atoms with van der Waals surface area (Å²) >= 11 is 0. The van der Waals surface area contributed by atoms with Crippen LogP contribution in [0.3, 0.4) is 0 Å². The first-order valence-electron chi connectivity index (χ1n) is 9.81. The van der Waals surface area contributed by atoms with Crippen molar-refractivity contribution in [1.82, 2.24) is 0 Å². The first-order chi connectivity index (χ1) is 12.7. The fraction of sp³-hybridized carbons (Fsp3) is 0.667. The van der Waals surface area contributed by atoms with Crippen LogP contribution in [0.15, 0.2) is 30.3 Å². The van der Waals surface area contributed by atoms with Gasteiger partial charge in [0, 0.05) is 12.0 Å². The fourth-order valence-corrected chi connectivity index (χ4v) is 4.11. The van der Waals surface area contributed by atoms with Crippen molar-refractivity contribution in [2.24, 2.45) is 0 Å². The van der Waals surface area contributed by atoms with Crippen molar-refractivity contribution in [2.45, 2.75) is 76.3 Å². The van der Waals surface area contributed by atoms with Crippen molar-refractivity contribution in [3.05, 3.63) is 35.9 Å². The van der Waals surface area contributed by atoms with Gasteiger partial charge in [-0.05, 0) is 24.6 Å². The number of carbonyl (C=O) groups is 1. The van der Waals surface area contributed by atoms with Crippen LogP contribution in [0.4, 0.5) is 0 Å². The number of carbonyl (C=O) groups excluding carboxylic acids is 1. The number of rotatable bonds is 4. The highest BCUT2D eigenvalue weighted by molar-refractivity contribution is 6.74. The molecule has 0 saturated carbocycles. The standard InChI is InChI=1S/C21H32O5Si/c1-21(2,3)27(4,5)24-14-18-16(22)11-12-17-19(25-18)13-23-20(26-17)15-9-7-6-8-10-15/h6-10,17-20H,11-14H2,1-5H3/t17-,18-,19+,20+/m0/s1. The van der Waals surface area contributed by atoms with Crippen molar-refractivity contribution in [3.8, 4) is 0 Å². The third-order valence-electron chi connectivity index (χ3n) is 5.97. The zero-order chi connectivity index (χ0) is 19.7. The quantitative estimate of drug-likeness (QED) is 0.718. The summed E-state index contributed by atoms with van der Waals surface area (Å²) in [4.78, 5) is 12.6. The largest absolute Gasteiger partial charge is 0.414 e. The highest BCUT2D eigenvalue weighted by atomic mass is 28.4. The van der Waals surface area contributed by atoms with Gasteiger partial charge in [-0.1, -0.05) is 51.1 Å². The number of benzene rings is 1. The summed E-state index contributed by atoms with van der Waals surface area (Å²) < 4.78 is 24.4. The second kappa shape index (κ2) is 8.13. The molecule has 0 aliphatic carbocycles. The van der Waals surface area contributed by atoms with Crippen molar-refractivity contribution in [3.63, 3.8) is 0 Å². The SMILES string of the molecule is CC(C)(C)[Si](C)(C)OC[C@@H]1O[C@@H]2CO[C@@H](c3ccccc3)O[C@H]2CCC1=O. The van der Waals surface area contributed by atoms with Crippen LogP contribution in [-0.4, -0.2) is 45.6 Å². The van der Waals surface area contributed by atoms with Gasteiger partial charge in [0.25, 0.3) is 0 Å². The third kappa shape index (κ3) is 4.87. The van der Waals surface area contributed by atoms with Crippen molar-refractivity contribution < 1.29 is 23.4 Å². The second-order valence-corrected chi connectivity index (χ2v) is 13.8. The average molecular weight is 393 g/mol. The summed E-state index contributed by atoms with van der Waals surface area (Å²) in [6, 6.07) is 9.88. The molecule has 1 aromatic rings. The maximum absolute atomic E-state index is 12.6. The molecule has 0 aromatic heterocycles. The van der Waals surface area contributed by atoms with Gasteiger partial charge in [0.05, 0.1) is 19.3 Å². The summed E-state index contributed by atoms with van der Waals surface area (Å²) in [6.45, 7) is 11.7. The Morgan fingerprint density at radius 3 is 2.48 bits per heavy atom. The highest BCUT2D eigenvalue weighted by Gasteiger charge is 2.42. The Hall–Kier alpha value is -1.05.